The fourth-order valence-corrected chi connectivity index (χ4v) is 4.87. The highest BCUT2D eigenvalue weighted by Gasteiger charge is 2.39. The summed E-state index contributed by atoms with van der Waals surface area (Å²) in [7, 11) is 0. The molecule has 0 unspecified atom stereocenters. The summed E-state index contributed by atoms with van der Waals surface area (Å²) in [6, 6.07) is 6.34. The average Bonchev–Trinajstić information content (AvgIpc) is 3.34. The summed E-state index contributed by atoms with van der Waals surface area (Å²) in [5.74, 6) is -2.70. The summed E-state index contributed by atoms with van der Waals surface area (Å²) >= 11 is 5.91. The van der Waals surface area contributed by atoms with Crippen molar-refractivity contribution in [3.8, 4) is 0 Å². The van der Waals surface area contributed by atoms with Gasteiger partial charge in [-0.05, 0) is 49.3 Å². The molecule has 1 heterocycles. The fraction of sp³-hybridized carbons (Fsp3) is 0.593. The number of amides is 1. The van der Waals surface area contributed by atoms with Crippen LogP contribution < -0.4 is 11.5 Å². The van der Waals surface area contributed by atoms with Crippen molar-refractivity contribution in [1.82, 2.24) is 4.90 Å². The van der Waals surface area contributed by atoms with E-state index in [0.29, 0.717) is 30.8 Å². The second kappa shape index (κ2) is 14.8. The number of halogens is 2. The van der Waals surface area contributed by atoms with Gasteiger partial charge in [-0.3, -0.25) is 24.2 Å². The molecule has 1 aliphatic heterocycles. The van der Waals surface area contributed by atoms with Crippen molar-refractivity contribution in [3.05, 3.63) is 34.9 Å². The number of benzene rings is 1. The molecule has 1 fully saturated rings. The molecule has 0 saturated carbocycles. The highest BCUT2D eigenvalue weighted by molar-refractivity contribution is 6.30. The quantitative estimate of drug-likeness (QED) is 0.200. The SMILES string of the molecule is CC(C)[C@H](CC(=O)Cc1ccc(Cl)cc1)C(=O)N1CCC[C@H]1C(=O)C[C@@H](CCCN=C(N)N)C(=O)CF. The van der Waals surface area contributed by atoms with Crippen molar-refractivity contribution < 1.29 is 23.6 Å². The summed E-state index contributed by atoms with van der Waals surface area (Å²) in [5, 5.41) is 0.584. The number of nitrogens with two attached hydrogens (primary N) is 2. The number of ketones is 3. The van der Waals surface area contributed by atoms with E-state index in [9.17, 15) is 23.6 Å². The Morgan fingerprint density at radius 2 is 1.81 bits per heavy atom. The summed E-state index contributed by atoms with van der Waals surface area (Å²) in [6.45, 7) is 3.31. The van der Waals surface area contributed by atoms with Crippen molar-refractivity contribution in [2.45, 2.75) is 64.8 Å². The van der Waals surface area contributed by atoms with Crippen LogP contribution in [0.5, 0.6) is 0 Å². The first-order valence-electron chi connectivity index (χ1n) is 12.8. The first-order valence-corrected chi connectivity index (χ1v) is 13.1. The van der Waals surface area contributed by atoms with E-state index < -0.39 is 30.3 Å². The topological polar surface area (TPSA) is 136 Å². The zero-order valence-electron chi connectivity index (χ0n) is 21.6. The molecule has 1 aromatic carbocycles. The van der Waals surface area contributed by atoms with Gasteiger partial charge in [0, 0.05) is 49.2 Å². The number of nitrogens with zero attached hydrogens (tertiary/aromatic N) is 2. The fourth-order valence-electron chi connectivity index (χ4n) is 4.74. The van der Waals surface area contributed by atoms with E-state index in [1.807, 2.05) is 13.8 Å². The monoisotopic (exact) mass is 536 g/mol. The molecule has 1 aromatic rings. The predicted molar refractivity (Wildman–Crippen MR) is 142 cm³/mol. The Kier molecular flexibility index (Phi) is 12.2. The van der Waals surface area contributed by atoms with Gasteiger partial charge in [-0.2, -0.15) is 0 Å². The van der Waals surface area contributed by atoms with Crippen LogP contribution in [0.25, 0.3) is 0 Å². The molecule has 10 heteroatoms. The second-order valence-electron chi connectivity index (χ2n) is 10.0. The molecule has 1 saturated heterocycles. The van der Waals surface area contributed by atoms with Gasteiger partial charge in [-0.15, -0.1) is 0 Å². The van der Waals surface area contributed by atoms with Gasteiger partial charge in [0.1, 0.15) is 12.5 Å². The Balaban J connectivity index is 2.05. The number of carbonyl (C=O) groups is 4. The second-order valence-corrected chi connectivity index (χ2v) is 10.4. The molecule has 37 heavy (non-hydrogen) atoms. The maximum absolute atomic E-state index is 13.5. The van der Waals surface area contributed by atoms with Gasteiger partial charge in [-0.25, -0.2) is 4.39 Å². The molecule has 8 nitrogen and oxygen atoms in total. The molecule has 0 aromatic heterocycles. The van der Waals surface area contributed by atoms with Gasteiger partial charge in [-0.1, -0.05) is 37.6 Å². The lowest BCUT2D eigenvalue weighted by Gasteiger charge is -2.30. The average molecular weight is 537 g/mol. The first-order chi connectivity index (χ1) is 17.5. The summed E-state index contributed by atoms with van der Waals surface area (Å²) < 4.78 is 13.2. The molecule has 204 valence electrons. The van der Waals surface area contributed by atoms with Crippen LogP contribution >= 0.6 is 11.6 Å². The Bertz CT molecular complexity index is 979. The first kappa shape index (κ1) is 30.4. The third kappa shape index (κ3) is 9.54. The van der Waals surface area contributed by atoms with Crippen LogP contribution in [0, 0.1) is 17.8 Å². The van der Waals surface area contributed by atoms with Gasteiger partial charge in [0.15, 0.2) is 17.5 Å². The van der Waals surface area contributed by atoms with Crippen LogP contribution in [0.2, 0.25) is 5.02 Å². The lowest BCUT2D eigenvalue weighted by Crippen LogP contribution is -2.46. The number of carbonyl (C=O) groups excluding carboxylic acids is 4. The summed E-state index contributed by atoms with van der Waals surface area (Å²) in [5.41, 5.74) is 11.4. The van der Waals surface area contributed by atoms with Crippen molar-refractivity contribution in [1.29, 1.82) is 0 Å². The lowest BCUT2D eigenvalue weighted by atomic mass is 9.87. The van der Waals surface area contributed by atoms with E-state index in [1.54, 1.807) is 29.2 Å². The van der Waals surface area contributed by atoms with Crippen LogP contribution in [0.15, 0.2) is 29.3 Å². The van der Waals surface area contributed by atoms with Crippen LogP contribution in [0.4, 0.5) is 4.39 Å². The molecule has 4 N–H and O–H groups in total. The Morgan fingerprint density at radius 1 is 1.14 bits per heavy atom. The minimum absolute atomic E-state index is 0.0640. The molecule has 1 amide bonds. The smallest absolute Gasteiger partial charge is 0.226 e. The van der Waals surface area contributed by atoms with E-state index in [2.05, 4.69) is 4.99 Å². The highest BCUT2D eigenvalue weighted by Crippen LogP contribution is 2.28. The number of Topliss-reactive ketones (excluding diaryl/α,β-unsaturated/α-hetero) is 3. The lowest BCUT2D eigenvalue weighted by molar-refractivity contribution is -0.144. The zero-order chi connectivity index (χ0) is 27.5. The number of aliphatic imine (C=N–C) groups is 1. The van der Waals surface area contributed by atoms with Gasteiger partial charge < -0.3 is 16.4 Å². The highest BCUT2D eigenvalue weighted by atomic mass is 35.5. The predicted octanol–water partition coefficient (Wildman–Crippen LogP) is 3.27. The van der Waals surface area contributed by atoms with Crippen molar-refractivity contribution in [3.63, 3.8) is 0 Å². The van der Waals surface area contributed by atoms with E-state index in [-0.39, 0.29) is 61.6 Å². The third-order valence-electron chi connectivity index (χ3n) is 6.83. The van der Waals surface area contributed by atoms with Crippen LogP contribution in [-0.2, 0) is 25.6 Å². The summed E-state index contributed by atoms with van der Waals surface area (Å²) in [4.78, 5) is 57.1. The molecular weight excluding hydrogens is 499 g/mol. The molecule has 2 rings (SSSR count). The van der Waals surface area contributed by atoms with Crippen molar-refractivity contribution in [2.24, 2.45) is 34.2 Å². The maximum Gasteiger partial charge on any atom is 0.226 e. The standard InChI is InChI=1S/C27H38ClFN4O4/c1-17(2)22(15-21(34)13-18-7-9-20(28)10-8-18)26(37)33-12-4-6-23(33)24(35)14-19(25(36)16-29)5-3-11-32-27(30)31/h7-10,17,19,22-23H,3-6,11-16H2,1-2H3,(H4,30,31,32)/t19-,22+,23+/m1/s1. The van der Waals surface area contributed by atoms with E-state index in [1.165, 1.54) is 0 Å². The normalized spacial score (nSPS) is 16.9. The molecule has 0 bridgehead atoms. The van der Waals surface area contributed by atoms with Crippen molar-refractivity contribution >= 4 is 40.8 Å². The molecule has 0 spiro atoms. The molecule has 0 radical (unpaired) electrons. The van der Waals surface area contributed by atoms with E-state index in [0.717, 1.165) is 5.56 Å². The number of alkyl halides is 1. The van der Waals surface area contributed by atoms with Gasteiger partial charge >= 0.3 is 0 Å². The number of rotatable bonds is 15. The zero-order valence-corrected chi connectivity index (χ0v) is 22.4. The minimum atomic E-state index is -1.15. The van der Waals surface area contributed by atoms with E-state index in [4.69, 9.17) is 23.1 Å². The minimum Gasteiger partial charge on any atom is -0.370 e. The Hall–Kier alpha value is -2.81. The molecular formula is C27H38ClFN4O4. The third-order valence-corrected chi connectivity index (χ3v) is 7.08. The largest absolute Gasteiger partial charge is 0.370 e. The van der Waals surface area contributed by atoms with E-state index >= 15 is 0 Å². The van der Waals surface area contributed by atoms with Gasteiger partial charge in [0.05, 0.1) is 6.04 Å². The Morgan fingerprint density at radius 3 is 2.41 bits per heavy atom. The van der Waals surface area contributed by atoms with Crippen LogP contribution in [0.3, 0.4) is 0 Å². The maximum atomic E-state index is 13.5. The number of hydrogen-bond donors (Lipinski definition) is 2. The molecule has 0 aliphatic carbocycles. The van der Waals surface area contributed by atoms with Crippen LogP contribution in [-0.4, -0.2) is 59.9 Å². The van der Waals surface area contributed by atoms with Crippen molar-refractivity contribution in [2.75, 3.05) is 19.8 Å². The Labute approximate surface area is 223 Å². The molecule has 3 atom stereocenters. The van der Waals surface area contributed by atoms with Gasteiger partial charge in [0.25, 0.3) is 0 Å². The number of hydrogen-bond acceptors (Lipinski definition) is 5. The number of guanidine groups is 1. The van der Waals surface area contributed by atoms with Crippen LogP contribution in [0.1, 0.15) is 57.9 Å². The number of likely N-dealkylation sites (tertiary alicyclic amines) is 1. The van der Waals surface area contributed by atoms with Gasteiger partial charge in [0.2, 0.25) is 5.91 Å². The summed E-state index contributed by atoms with van der Waals surface area (Å²) in [6.07, 6.45) is 1.98. The molecule has 1 aliphatic rings.